The van der Waals surface area contributed by atoms with Crippen LogP contribution in [0.1, 0.15) is 17.2 Å². The van der Waals surface area contributed by atoms with Gasteiger partial charge in [-0.3, -0.25) is 14.5 Å². The molecule has 2 heterocycles. The number of amides is 1. The van der Waals surface area contributed by atoms with Gasteiger partial charge in [-0.1, -0.05) is 60.7 Å². The van der Waals surface area contributed by atoms with Gasteiger partial charge < -0.3 is 5.11 Å². The number of ketones is 1. The van der Waals surface area contributed by atoms with Gasteiger partial charge in [0, 0.05) is 17.1 Å². The molecule has 1 aromatic heterocycles. The number of hydrogen-bond acceptors (Lipinski definition) is 5. The maximum Gasteiger partial charge on any atom is 0.301 e. The number of rotatable bonds is 3. The highest BCUT2D eigenvalue weighted by molar-refractivity contribution is 7.14. The highest BCUT2D eigenvalue weighted by atomic mass is 32.1. The Hall–Kier alpha value is -3.25. The first-order valence-corrected chi connectivity index (χ1v) is 8.87. The summed E-state index contributed by atoms with van der Waals surface area (Å²) in [5.41, 5.74) is 1.30. The van der Waals surface area contributed by atoms with Crippen molar-refractivity contribution in [3.63, 3.8) is 0 Å². The minimum absolute atomic E-state index is 0.0719. The molecule has 1 amide bonds. The molecular formula is C20H14N2O3S. The SMILES string of the molecule is O=C1C(=O)N(c2nccs2)C(c2ccccc2)C1=C(O)c1ccccc1. The van der Waals surface area contributed by atoms with E-state index in [9.17, 15) is 14.7 Å². The summed E-state index contributed by atoms with van der Waals surface area (Å²) in [6, 6.07) is 17.2. The second-order valence-electron chi connectivity index (χ2n) is 5.76. The Morgan fingerprint density at radius 2 is 1.65 bits per heavy atom. The molecule has 1 aliphatic rings. The Balaban J connectivity index is 1.95. The number of aliphatic hydroxyl groups excluding tert-OH is 1. The molecule has 0 spiro atoms. The van der Waals surface area contributed by atoms with E-state index in [1.54, 1.807) is 35.8 Å². The van der Waals surface area contributed by atoms with Gasteiger partial charge in [-0.05, 0) is 5.56 Å². The number of hydrogen-bond donors (Lipinski definition) is 1. The number of anilines is 1. The lowest BCUT2D eigenvalue weighted by atomic mass is 9.95. The molecule has 1 unspecified atom stereocenters. The van der Waals surface area contributed by atoms with Crippen molar-refractivity contribution in [2.24, 2.45) is 0 Å². The van der Waals surface area contributed by atoms with E-state index in [2.05, 4.69) is 4.98 Å². The van der Waals surface area contributed by atoms with Crippen LogP contribution in [0.3, 0.4) is 0 Å². The fourth-order valence-electron chi connectivity index (χ4n) is 3.07. The Kier molecular flexibility index (Phi) is 4.10. The zero-order chi connectivity index (χ0) is 18.1. The highest BCUT2D eigenvalue weighted by Crippen LogP contribution is 2.42. The molecule has 0 aliphatic carbocycles. The second kappa shape index (κ2) is 6.57. The minimum atomic E-state index is -0.720. The molecule has 1 saturated heterocycles. The number of benzene rings is 2. The summed E-state index contributed by atoms with van der Waals surface area (Å²) in [5, 5.41) is 13.0. The second-order valence-corrected chi connectivity index (χ2v) is 6.63. The lowest BCUT2D eigenvalue weighted by Gasteiger charge is -2.22. The highest BCUT2D eigenvalue weighted by Gasteiger charge is 2.47. The molecule has 5 nitrogen and oxygen atoms in total. The molecule has 1 N–H and O–H groups in total. The van der Waals surface area contributed by atoms with E-state index in [1.165, 1.54) is 16.2 Å². The van der Waals surface area contributed by atoms with Gasteiger partial charge in [-0.25, -0.2) is 4.98 Å². The van der Waals surface area contributed by atoms with Crippen LogP contribution in [0.2, 0.25) is 0 Å². The number of carbonyl (C=O) groups excluding carboxylic acids is 2. The summed E-state index contributed by atoms with van der Waals surface area (Å²) in [6.07, 6.45) is 1.58. The van der Waals surface area contributed by atoms with Gasteiger partial charge >= 0.3 is 5.91 Å². The van der Waals surface area contributed by atoms with E-state index in [0.717, 1.165) is 5.56 Å². The van der Waals surface area contributed by atoms with Crippen molar-refractivity contribution in [2.45, 2.75) is 6.04 Å². The van der Waals surface area contributed by atoms with Crippen molar-refractivity contribution >= 4 is 33.9 Å². The monoisotopic (exact) mass is 362 g/mol. The van der Waals surface area contributed by atoms with Gasteiger partial charge in [-0.2, -0.15) is 0 Å². The van der Waals surface area contributed by atoms with E-state index >= 15 is 0 Å². The molecule has 1 aliphatic heterocycles. The normalized spacial score (nSPS) is 19.1. The van der Waals surface area contributed by atoms with Crippen molar-refractivity contribution < 1.29 is 14.7 Å². The molecule has 0 bridgehead atoms. The van der Waals surface area contributed by atoms with Crippen molar-refractivity contribution in [3.05, 3.63) is 88.9 Å². The van der Waals surface area contributed by atoms with Crippen LogP contribution in [-0.2, 0) is 9.59 Å². The number of nitrogens with zero attached hydrogens (tertiary/aromatic N) is 2. The summed E-state index contributed by atoms with van der Waals surface area (Å²) in [7, 11) is 0. The first kappa shape index (κ1) is 16.2. The van der Waals surface area contributed by atoms with Gasteiger partial charge in [0.1, 0.15) is 5.76 Å². The number of aromatic nitrogens is 1. The molecule has 2 aromatic carbocycles. The van der Waals surface area contributed by atoms with Crippen molar-refractivity contribution in [2.75, 3.05) is 4.90 Å². The van der Waals surface area contributed by atoms with Gasteiger partial charge in [0.15, 0.2) is 5.13 Å². The smallest absolute Gasteiger partial charge is 0.301 e. The van der Waals surface area contributed by atoms with Crippen LogP contribution in [-0.4, -0.2) is 21.8 Å². The summed E-state index contributed by atoms with van der Waals surface area (Å²) in [5.74, 6) is -1.58. The molecule has 0 saturated carbocycles. The number of aliphatic hydroxyl groups is 1. The fraction of sp³-hybridized carbons (Fsp3) is 0.0500. The first-order valence-electron chi connectivity index (χ1n) is 7.99. The van der Waals surface area contributed by atoms with Gasteiger partial charge in [0.05, 0.1) is 11.6 Å². The standard InChI is InChI=1S/C20H14N2O3S/c23-17(14-9-5-2-6-10-14)15-16(13-7-3-1-4-8-13)22(19(25)18(15)24)20-21-11-12-26-20/h1-12,16,23H. The lowest BCUT2D eigenvalue weighted by molar-refractivity contribution is -0.132. The van der Waals surface area contributed by atoms with Crippen LogP contribution in [0, 0.1) is 0 Å². The predicted octanol–water partition coefficient (Wildman–Crippen LogP) is 3.77. The van der Waals surface area contributed by atoms with E-state index in [4.69, 9.17) is 0 Å². The minimum Gasteiger partial charge on any atom is -0.507 e. The molecular weight excluding hydrogens is 348 g/mol. The Bertz CT molecular complexity index is 982. The maximum atomic E-state index is 12.8. The first-order chi connectivity index (χ1) is 12.7. The molecule has 6 heteroatoms. The van der Waals surface area contributed by atoms with Crippen LogP contribution in [0.5, 0.6) is 0 Å². The summed E-state index contributed by atoms with van der Waals surface area (Å²) < 4.78 is 0. The van der Waals surface area contributed by atoms with Gasteiger partial charge in [0.2, 0.25) is 0 Å². The molecule has 1 atom stereocenters. The van der Waals surface area contributed by atoms with Crippen LogP contribution in [0.4, 0.5) is 5.13 Å². The quantitative estimate of drug-likeness (QED) is 0.437. The molecule has 4 rings (SSSR count). The predicted molar refractivity (Wildman–Crippen MR) is 99.8 cm³/mol. The molecule has 1 fully saturated rings. The van der Waals surface area contributed by atoms with Gasteiger partial charge in [-0.15, -0.1) is 11.3 Å². The topological polar surface area (TPSA) is 70.5 Å². The molecule has 26 heavy (non-hydrogen) atoms. The van der Waals surface area contributed by atoms with Crippen LogP contribution >= 0.6 is 11.3 Å². The molecule has 0 radical (unpaired) electrons. The van der Waals surface area contributed by atoms with E-state index in [0.29, 0.717) is 10.7 Å². The third kappa shape index (κ3) is 2.60. The van der Waals surface area contributed by atoms with Crippen LogP contribution < -0.4 is 4.90 Å². The molecule has 3 aromatic rings. The van der Waals surface area contributed by atoms with Crippen molar-refractivity contribution in [1.29, 1.82) is 0 Å². The number of Topliss-reactive ketones (excluding diaryl/α,β-unsaturated/α-hetero) is 1. The number of carbonyl (C=O) groups is 2. The largest absolute Gasteiger partial charge is 0.507 e. The van der Waals surface area contributed by atoms with Crippen LogP contribution in [0.15, 0.2) is 77.8 Å². The zero-order valence-corrected chi connectivity index (χ0v) is 14.4. The lowest BCUT2D eigenvalue weighted by Crippen LogP contribution is -2.29. The molecule has 128 valence electrons. The van der Waals surface area contributed by atoms with E-state index in [1.807, 2.05) is 36.4 Å². The van der Waals surface area contributed by atoms with Crippen molar-refractivity contribution in [1.82, 2.24) is 4.98 Å². The summed E-state index contributed by atoms with van der Waals surface area (Å²) in [4.78, 5) is 31.1. The van der Waals surface area contributed by atoms with Crippen LogP contribution in [0.25, 0.3) is 5.76 Å². The zero-order valence-electron chi connectivity index (χ0n) is 13.6. The third-order valence-electron chi connectivity index (χ3n) is 4.23. The summed E-state index contributed by atoms with van der Waals surface area (Å²) in [6.45, 7) is 0. The summed E-state index contributed by atoms with van der Waals surface area (Å²) >= 11 is 1.27. The van der Waals surface area contributed by atoms with E-state index in [-0.39, 0.29) is 11.3 Å². The van der Waals surface area contributed by atoms with Crippen molar-refractivity contribution in [3.8, 4) is 0 Å². The third-order valence-corrected chi connectivity index (χ3v) is 5.00. The number of thiazole rings is 1. The van der Waals surface area contributed by atoms with E-state index < -0.39 is 17.7 Å². The Morgan fingerprint density at radius 3 is 2.27 bits per heavy atom. The average molecular weight is 362 g/mol. The fourth-order valence-corrected chi connectivity index (χ4v) is 3.73. The Morgan fingerprint density at radius 1 is 1.00 bits per heavy atom. The Labute approximate surface area is 153 Å². The van der Waals surface area contributed by atoms with Gasteiger partial charge in [0.25, 0.3) is 5.78 Å². The average Bonchev–Trinajstić information content (AvgIpc) is 3.30. The maximum absolute atomic E-state index is 12.8.